The fourth-order valence-electron chi connectivity index (χ4n) is 4.49. The molecule has 1 atom stereocenters. The van der Waals surface area contributed by atoms with Gasteiger partial charge in [0, 0.05) is 11.1 Å². The van der Waals surface area contributed by atoms with Crippen molar-refractivity contribution in [3.05, 3.63) is 95.0 Å². The molecule has 2 amide bonds. The maximum Gasteiger partial charge on any atom is 0.272 e. The third kappa shape index (κ3) is 4.27. The Balaban J connectivity index is 1.65. The minimum atomic E-state index is -3.40. The first-order chi connectivity index (χ1) is 17.3. The Morgan fingerprint density at radius 1 is 0.972 bits per heavy atom. The van der Waals surface area contributed by atoms with Crippen LogP contribution in [-0.2, 0) is 19.4 Å². The highest BCUT2D eigenvalue weighted by atomic mass is 32.2. The number of carbonyl (C=O) groups excluding carboxylic acids is 2. The summed E-state index contributed by atoms with van der Waals surface area (Å²) >= 11 is 0. The molecule has 7 nitrogen and oxygen atoms in total. The zero-order valence-corrected chi connectivity index (χ0v) is 19.7. The number of benzene rings is 2. The molecule has 0 N–H and O–H groups in total. The number of furan rings is 1. The second kappa shape index (κ2) is 9.06. The third-order valence-electron chi connectivity index (χ3n) is 6.19. The number of carbonyl (C=O) groups is 2. The lowest BCUT2D eigenvalue weighted by atomic mass is 9.87. The van der Waals surface area contributed by atoms with E-state index in [0.29, 0.717) is 16.9 Å². The van der Waals surface area contributed by atoms with Crippen molar-refractivity contribution in [1.29, 1.82) is 5.26 Å². The number of amides is 2. The third-order valence-corrected chi connectivity index (χ3v) is 7.94. The molecule has 0 saturated carbocycles. The monoisotopic (exact) mass is 502 g/mol. The van der Waals surface area contributed by atoms with E-state index in [4.69, 9.17) is 4.42 Å². The molecular weight excluding hydrogens is 483 g/mol. The van der Waals surface area contributed by atoms with E-state index in [0.717, 1.165) is 4.90 Å². The molecule has 2 aliphatic heterocycles. The number of hydrogen-bond acceptors (Lipinski definition) is 6. The van der Waals surface area contributed by atoms with Gasteiger partial charge in [-0.1, -0.05) is 30.3 Å². The maximum atomic E-state index is 13.7. The summed E-state index contributed by atoms with van der Waals surface area (Å²) in [4.78, 5) is 27.9. The van der Waals surface area contributed by atoms with Gasteiger partial charge in [0.15, 0.2) is 9.84 Å². The van der Waals surface area contributed by atoms with Crippen molar-refractivity contribution in [3.63, 3.8) is 0 Å². The smallest absolute Gasteiger partial charge is 0.272 e. The standard InChI is InChI=1S/C27H19FN2O5S/c28-19-8-6-17(7-9-19)24-11-10-21(35-24)14-22-25(18-4-2-1-3-5-18)23(15-29)27(32)30(26(22)31)20-12-13-36(33,34)16-20/h1-11,14,20H,12-13,16H2/b22-14-. The Kier molecular flexibility index (Phi) is 5.90. The zero-order valence-electron chi connectivity index (χ0n) is 18.8. The molecule has 0 spiro atoms. The first-order valence-electron chi connectivity index (χ1n) is 11.1. The van der Waals surface area contributed by atoms with Gasteiger partial charge in [-0.05, 0) is 54.5 Å². The fraction of sp³-hybridized carbons (Fsp3) is 0.148. The summed E-state index contributed by atoms with van der Waals surface area (Å²) in [7, 11) is -3.40. The van der Waals surface area contributed by atoms with Gasteiger partial charge in [0.25, 0.3) is 11.8 Å². The average molecular weight is 503 g/mol. The number of halogens is 1. The van der Waals surface area contributed by atoms with E-state index >= 15 is 0 Å². The summed E-state index contributed by atoms with van der Waals surface area (Å²) < 4.78 is 43.3. The number of imide groups is 1. The normalized spacial score (nSPS) is 20.7. The van der Waals surface area contributed by atoms with E-state index in [2.05, 4.69) is 0 Å². The van der Waals surface area contributed by atoms with E-state index in [-0.39, 0.29) is 46.2 Å². The average Bonchev–Trinajstić information content (AvgIpc) is 3.47. The van der Waals surface area contributed by atoms with Crippen LogP contribution in [0.3, 0.4) is 0 Å². The Hall–Kier alpha value is -4.29. The molecule has 1 aromatic heterocycles. The minimum Gasteiger partial charge on any atom is -0.457 e. The SMILES string of the molecule is N#CC1=C(c2ccccc2)/C(=C/c2ccc(-c3ccc(F)cc3)o2)C(=O)N(C2CCS(=O)(=O)C2)C1=O. The van der Waals surface area contributed by atoms with Crippen molar-refractivity contribution < 1.29 is 26.8 Å². The van der Waals surface area contributed by atoms with Gasteiger partial charge >= 0.3 is 0 Å². The molecule has 1 fully saturated rings. The maximum absolute atomic E-state index is 13.7. The highest BCUT2D eigenvalue weighted by Crippen LogP contribution is 2.37. The number of nitrogens with zero attached hydrogens (tertiary/aromatic N) is 2. The summed E-state index contributed by atoms with van der Waals surface area (Å²) in [5.74, 6) is -1.66. The van der Waals surface area contributed by atoms with Gasteiger partial charge in [-0.15, -0.1) is 0 Å². The number of rotatable bonds is 4. The van der Waals surface area contributed by atoms with Crippen LogP contribution in [0.2, 0.25) is 0 Å². The second-order valence-electron chi connectivity index (χ2n) is 8.53. The lowest BCUT2D eigenvalue weighted by molar-refractivity contribution is -0.142. The van der Waals surface area contributed by atoms with E-state index in [1.165, 1.54) is 18.2 Å². The molecule has 36 heavy (non-hydrogen) atoms. The van der Waals surface area contributed by atoms with E-state index in [1.807, 2.05) is 6.07 Å². The van der Waals surface area contributed by atoms with Crippen molar-refractivity contribution in [2.75, 3.05) is 11.5 Å². The lowest BCUT2D eigenvalue weighted by Crippen LogP contribution is -2.49. The first kappa shape index (κ1) is 23.5. The predicted octanol–water partition coefficient (Wildman–Crippen LogP) is 4.00. The zero-order chi connectivity index (χ0) is 25.4. The molecule has 3 heterocycles. The Labute approximate surface area is 206 Å². The molecule has 1 saturated heterocycles. The van der Waals surface area contributed by atoms with Crippen molar-refractivity contribution in [3.8, 4) is 17.4 Å². The molecular formula is C27H19FN2O5S. The van der Waals surface area contributed by atoms with Gasteiger partial charge in [0.05, 0.1) is 23.1 Å². The van der Waals surface area contributed by atoms with Gasteiger partial charge < -0.3 is 4.42 Å². The van der Waals surface area contributed by atoms with Gasteiger partial charge in [0.1, 0.15) is 29.0 Å². The van der Waals surface area contributed by atoms with Crippen LogP contribution in [0.15, 0.2) is 82.3 Å². The second-order valence-corrected chi connectivity index (χ2v) is 10.8. The number of nitriles is 1. The van der Waals surface area contributed by atoms with Crippen LogP contribution in [0, 0.1) is 17.1 Å². The molecule has 0 radical (unpaired) electrons. The van der Waals surface area contributed by atoms with Crippen LogP contribution >= 0.6 is 0 Å². The quantitative estimate of drug-likeness (QED) is 0.394. The number of hydrogen-bond donors (Lipinski definition) is 0. The molecule has 5 rings (SSSR count). The van der Waals surface area contributed by atoms with Crippen molar-refractivity contribution >= 4 is 33.3 Å². The predicted molar refractivity (Wildman–Crippen MR) is 130 cm³/mol. The van der Waals surface area contributed by atoms with Crippen LogP contribution in [0.25, 0.3) is 23.0 Å². The van der Waals surface area contributed by atoms with Gasteiger partial charge in [-0.25, -0.2) is 12.8 Å². The van der Waals surface area contributed by atoms with Crippen LogP contribution < -0.4 is 0 Å². The topological polar surface area (TPSA) is 108 Å². The van der Waals surface area contributed by atoms with Gasteiger partial charge in [-0.2, -0.15) is 5.26 Å². The molecule has 2 aliphatic rings. The molecule has 1 unspecified atom stereocenters. The van der Waals surface area contributed by atoms with Crippen LogP contribution in [0.4, 0.5) is 4.39 Å². The molecule has 3 aromatic rings. The van der Waals surface area contributed by atoms with Crippen molar-refractivity contribution in [2.45, 2.75) is 12.5 Å². The Morgan fingerprint density at radius 2 is 1.69 bits per heavy atom. The summed E-state index contributed by atoms with van der Waals surface area (Å²) in [6.45, 7) is 0. The molecule has 2 aromatic carbocycles. The Bertz CT molecular complexity index is 1580. The largest absolute Gasteiger partial charge is 0.457 e. The molecule has 9 heteroatoms. The van der Waals surface area contributed by atoms with Crippen LogP contribution in [-0.4, -0.2) is 42.7 Å². The van der Waals surface area contributed by atoms with Gasteiger partial charge in [0.2, 0.25) is 0 Å². The summed E-state index contributed by atoms with van der Waals surface area (Å²) in [5.41, 5.74) is 1.07. The summed E-state index contributed by atoms with van der Waals surface area (Å²) in [6, 6.07) is 18.6. The summed E-state index contributed by atoms with van der Waals surface area (Å²) in [6.07, 6.45) is 1.56. The molecule has 0 aliphatic carbocycles. The first-order valence-corrected chi connectivity index (χ1v) is 13.0. The van der Waals surface area contributed by atoms with E-state index in [1.54, 1.807) is 54.6 Å². The van der Waals surface area contributed by atoms with Gasteiger partial charge in [-0.3, -0.25) is 14.5 Å². The van der Waals surface area contributed by atoms with E-state index < -0.39 is 27.7 Å². The minimum absolute atomic E-state index is 0.0432. The van der Waals surface area contributed by atoms with Crippen LogP contribution in [0.5, 0.6) is 0 Å². The van der Waals surface area contributed by atoms with Crippen molar-refractivity contribution in [1.82, 2.24) is 4.90 Å². The lowest BCUT2D eigenvalue weighted by Gasteiger charge is -2.32. The fourth-order valence-corrected chi connectivity index (χ4v) is 6.19. The summed E-state index contributed by atoms with van der Waals surface area (Å²) in [5, 5.41) is 9.94. The highest BCUT2D eigenvalue weighted by molar-refractivity contribution is 7.91. The van der Waals surface area contributed by atoms with Crippen LogP contribution in [0.1, 0.15) is 17.7 Å². The molecule has 180 valence electrons. The number of sulfone groups is 1. The van der Waals surface area contributed by atoms with Crippen molar-refractivity contribution in [2.24, 2.45) is 0 Å². The van der Waals surface area contributed by atoms with E-state index in [9.17, 15) is 27.7 Å². The Morgan fingerprint density at radius 3 is 2.33 bits per heavy atom. The molecule has 0 bridgehead atoms. The highest BCUT2D eigenvalue weighted by Gasteiger charge is 2.45.